The van der Waals surface area contributed by atoms with Crippen molar-refractivity contribution < 1.29 is 19.4 Å². The lowest BCUT2D eigenvalue weighted by atomic mass is 10.1. The van der Waals surface area contributed by atoms with Crippen molar-refractivity contribution in [3.8, 4) is 0 Å². The van der Waals surface area contributed by atoms with Gasteiger partial charge < -0.3 is 15.2 Å². The summed E-state index contributed by atoms with van der Waals surface area (Å²) in [6, 6.07) is 8.83. The zero-order chi connectivity index (χ0) is 18.4. The number of carboxylic acid groups (broad SMARTS) is 1. The number of benzene rings is 1. The van der Waals surface area contributed by atoms with Crippen LogP contribution in [0.1, 0.15) is 20.8 Å². The Kier molecular flexibility index (Phi) is 6.17. The first kappa shape index (κ1) is 18.3. The monoisotopic (exact) mass is 372 g/mol. The molecule has 3 rings (SSSR count). The predicted octanol–water partition coefficient (Wildman–Crippen LogP) is 2.93. The number of hydrogen-bond acceptors (Lipinski definition) is 5. The van der Waals surface area contributed by atoms with E-state index in [2.05, 4.69) is 10.2 Å². The SMILES string of the molecule is O=C(/C=C/c1cccs1)Nc1ccc(CN2CCOCC2)c(C(=O)O)c1. The number of aromatic carboxylic acids is 1. The number of amides is 1. The molecule has 2 aromatic rings. The van der Waals surface area contributed by atoms with Crippen molar-refractivity contribution >= 4 is 35.0 Å². The standard InChI is InChI=1S/C19H20N2O4S/c22-18(6-5-16-2-1-11-26-16)20-15-4-3-14(17(12-15)19(23)24)13-21-7-9-25-10-8-21/h1-6,11-12H,7-10,13H2,(H,20,22)(H,23,24)/b6-5+. The molecule has 7 heteroatoms. The highest BCUT2D eigenvalue weighted by molar-refractivity contribution is 7.10. The van der Waals surface area contributed by atoms with Crippen molar-refractivity contribution in [3.63, 3.8) is 0 Å². The van der Waals surface area contributed by atoms with E-state index in [0.717, 1.165) is 23.5 Å². The van der Waals surface area contributed by atoms with Gasteiger partial charge in [-0.25, -0.2) is 4.79 Å². The van der Waals surface area contributed by atoms with E-state index in [1.807, 2.05) is 17.5 Å². The van der Waals surface area contributed by atoms with Crippen LogP contribution in [0.5, 0.6) is 0 Å². The highest BCUT2D eigenvalue weighted by Crippen LogP contribution is 2.19. The molecule has 1 aromatic carbocycles. The van der Waals surface area contributed by atoms with Crippen LogP contribution in [0.2, 0.25) is 0 Å². The van der Waals surface area contributed by atoms with Gasteiger partial charge in [-0.1, -0.05) is 12.1 Å². The molecule has 1 aromatic heterocycles. The Morgan fingerprint density at radius 2 is 2.08 bits per heavy atom. The number of nitrogens with one attached hydrogen (secondary N) is 1. The summed E-state index contributed by atoms with van der Waals surface area (Å²) in [7, 11) is 0. The van der Waals surface area contributed by atoms with E-state index in [0.29, 0.717) is 25.4 Å². The van der Waals surface area contributed by atoms with Crippen LogP contribution in [0.4, 0.5) is 5.69 Å². The Morgan fingerprint density at radius 3 is 2.77 bits per heavy atom. The molecule has 0 saturated carbocycles. The van der Waals surface area contributed by atoms with E-state index < -0.39 is 5.97 Å². The van der Waals surface area contributed by atoms with Gasteiger partial charge in [0.15, 0.2) is 0 Å². The number of anilines is 1. The molecular formula is C19H20N2O4S. The second-order valence-electron chi connectivity index (χ2n) is 5.90. The highest BCUT2D eigenvalue weighted by atomic mass is 32.1. The summed E-state index contributed by atoms with van der Waals surface area (Å²) < 4.78 is 5.32. The Bertz CT molecular complexity index is 796. The van der Waals surface area contributed by atoms with E-state index in [-0.39, 0.29) is 11.5 Å². The lowest BCUT2D eigenvalue weighted by Crippen LogP contribution is -2.36. The van der Waals surface area contributed by atoms with E-state index in [1.165, 1.54) is 23.5 Å². The van der Waals surface area contributed by atoms with E-state index >= 15 is 0 Å². The van der Waals surface area contributed by atoms with E-state index in [4.69, 9.17) is 4.74 Å². The number of ether oxygens (including phenoxy) is 1. The number of morpholine rings is 1. The maximum absolute atomic E-state index is 12.0. The van der Waals surface area contributed by atoms with Gasteiger partial charge in [0.25, 0.3) is 0 Å². The van der Waals surface area contributed by atoms with Gasteiger partial charge in [0.05, 0.1) is 18.8 Å². The van der Waals surface area contributed by atoms with Crippen LogP contribution in [-0.4, -0.2) is 48.2 Å². The summed E-state index contributed by atoms with van der Waals surface area (Å²) >= 11 is 1.54. The van der Waals surface area contributed by atoms with Crippen LogP contribution in [0.3, 0.4) is 0 Å². The predicted molar refractivity (Wildman–Crippen MR) is 101 cm³/mol. The third-order valence-electron chi connectivity index (χ3n) is 4.05. The topological polar surface area (TPSA) is 78.9 Å². The third kappa shape index (κ3) is 5.01. The van der Waals surface area contributed by atoms with Crippen molar-refractivity contribution in [2.24, 2.45) is 0 Å². The molecule has 0 aliphatic carbocycles. The number of rotatable bonds is 6. The summed E-state index contributed by atoms with van der Waals surface area (Å²) in [6.45, 7) is 3.44. The summed E-state index contributed by atoms with van der Waals surface area (Å²) in [4.78, 5) is 26.8. The summed E-state index contributed by atoms with van der Waals surface area (Å²) in [5.41, 5.74) is 1.40. The minimum atomic E-state index is -1.00. The molecule has 2 heterocycles. The second kappa shape index (κ2) is 8.75. The molecule has 1 amide bonds. The van der Waals surface area contributed by atoms with Gasteiger partial charge in [-0.2, -0.15) is 0 Å². The third-order valence-corrected chi connectivity index (χ3v) is 4.89. The van der Waals surface area contributed by atoms with Crippen LogP contribution in [0.25, 0.3) is 6.08 Å². The molecule has 26 heavy (non-hydrogen) atoms. The lowest BCUT2D eigenvalue weighted by Gasteiger charge is -2.27. The van der Waals surface area contributed by atoms with Crippen LogP contribution in [0, 0.1) is 0 Å². The largest absolute Gasteiger partial charge is 0.478 e. The first-order chi connectivity index (χ1) is 12.6. The lowest BCUT2D eigenvalue weighted by molar-refractivity contribution is -0.111. The van der Waals surface area contributed by atoms with Crippen molar-refractivity contribution in [1.29, 1.82) is 0 Å². The van der Waals surface area contributed by atoms with Crippen molar-refractivity contribution in [3.05, 3.63) is 57.8 Å². The molecule has 0 bridgehead atoms. The van der Waals surface area contributed by atoms with Crippen LogP contribution in [0.15, 0.2) is 41.8 Å². The number of nitrogens with zero attached hydrogens (tertiary/aromatic N) is 1. The molecule has 2 N–H and O–H groups in total. The van der Waals surface area contributed by atoms with E-state index in [1.54, 1.807) is 18.2 Å². The maximum Gasteiger partial charge on any atom is 0.336 e. The van der Waals surface area contributed by atoms with Crippen molar-refractivity contribution in [2.75, 3.05) is 31.6 Å². The highest BCUT2D eigenvalue weighted by Gasteiger charge is 2.16. The zero-order valence-electron chi connectivity index (χ0n) is 14.2. The minimum Gasteiger partial charge on any atom is -0.478 e. The molecular weight excluding hydrogens is 352 g/mol. The van der Waals surface area contributed by atoms with Gasteiger partial charge in [0, 0.05) is 36.3 Å². The van der Waals surface area contributed by atoms with Crippen LogP contribution < -0.4 is 5.32 Å². The van der Waals surface area contributed by atoms with Crippen molar-refractivity contribution in [2.45, 2.75) is 6.54 Å². The average molecular weight is 372 g/mol. The number of carboxylic acids is 1. The van der Waals surface area contributed by atoms with Gasteiger partial charge in [-0.05, 0) is 35.2 Å². The number of carbonyl (C=O) groups is 2. The molecule has 136 valence electrons. The molecule has 1 aliphatic heterocycles. The van der Waals surface area contributed by atoms with Gasteiger partial charge in [0.1, 0.15) is 0 Å². The van der Waals surface area contributed by atoms with Gasteiger partial charge in [-0.15, -0.1) is 11.3 Å². The molecule has 1 aliphatic rings. The average Bonchev–Trinajstić information content (AvgIpc) is 3.15. The molecule has 1 fully saturated rings. The molecule has 0 radical (unpaired) electrons. The molecule has 1 saturated heterocycles. The minimum absolute atomic E-state index is 0.205. The Hall–Kier alpha value is -2.48. The van der Waals surface area contributed by atoms with Gasteiger partial charge >= 0.3 is 5.97 Å². The number of hydrogen-bond donors (Lipinski definition) is 2. The van der Waals surface area contributed by atoms with E-state index in [9.17, 15) is 14.7 Å². The molecule has 0 spiro atoms. The first-order valence-corrected chi connectivity index (χ1v) is 9.18. The Balaban J connectivity index is 1.69. The second-order valence-corrected chi connectivity index (χ2v) is 6.88. The van der Waals surface area contributed by atoms with Crippen LogP contribution >= 0.6 is 11.3 Å². The zero-order valence-corrected chi connectivity index (χ0v) is 15.0. The Labute approximate surface area is 155 Å². The molecule has 6 nitrogen and oxygen atoms in total. The van der Waals surface area contributed by atoms with Crippen LogP contribution in [-0.2, 0) is 16.1 Å². The number of thiophene rings is 1. The Morgan fingerprint density at radius 1 is 1.27 bits per heavy atom. The summed E-state index contributed by atoms with van der Waals surface area (Å²) in [6.07, 6.45) is 3.17. The molecule has 0 unspecified atom stereocenters. The van der Waals surface area contributed by atoms with Crippen molar-refractivity contribution in [1.82, 2.24) is 4.90 Å². The smallest absolute Gasteiger partial charge is 0.336 e. The fourth-order valence-electron chi connectivity index (χ4n) is 2.72. The quantitative estimate of drug-likeness (QED) is 0.762. The molecule has 0 atom stereocenters. The summed E-state index contributed by atoms with van der Waals surface area (Å²) in [5, 5.41) is 14.2. The number of carbonyl (C=O) groups excluding carboxylic acids is 1. The summed E-state index contributed by atoms with van der Waals surface area (Å²) in [5.74, 6) is -1.30. The maximum atomic E-state index is 12.0. The fraction of sp³-hybridized carbons (Fsp3) is 0.263. The fourth-order valence-corrected chi connectivity index (χ4v) is 3.34. The first-order valence-electron chi connectivity index (χ1n) is 8.31. The van der Waals surface area contributed by atoms with Gasteiger partial charge in [0.2, 0.25) is 5.91 Å². The normalized spacial score (nSPS) is 15.2. The van der Waals surface area contributed by atoms with Gasteiger partial charge in [-0.3, -0.25) is 9.69 Å².